The number of nitrogens with zero attached hydrogens (tertiary/aromatic N) is 4. The summed E-state index contributed by atoms with van der Waals surface area (Å²) in [7, 11) is 0. The molecule has 3 aromatic rings. The molecule has 2 heterocycles. The molecule has 1 aliphatic heterocycles. The highest BCUT2D eigenvalue weighted by Crippen LogP contribution is 2.31. The van der Waals surface area contributed by atoms with Crippen molar-refractivity contribution < 1.29 is 31.5 Å². The van der Waals surface area contributed by atoms with Gasteiger partial charge >= 0.3 is 18.1 Å². The Labute approximate surface area is 186 Å². The van der Waals surface area contributed by atoms with Crippen LogP contribution in [-0.2, 0) is 17.5 Å². The van der Waals surface area contributed by atoms with Gasteiger partial charge in [0.2, 0.25) is 5.89 Å². The summed E-state index contributed by atoms with van der Waals surface area (Å²) in [4.78, 5) is 16.1. The second-order valence-corrected chi connectivity index (χ2v) is 7.53. The fourth-order valence-electron chi connectivity index (χ4n) is 3.40. The van der Waals surface area contributed by atoms with Gasteiger partial charge in [-0.1, -0.05) is 18.2 Å². The van der Waals surface area contributed by atoms with E-state index in [1.165, 1.54) is 23.1 Å². The molecule has 0 bridgehead atoms. The molecule has 174 valence electrons. The number of amides is 2. The van der Waals surface area contributed by atoms with Gasteiger partial charge in [0, 0.05) is 18.7 Å². The van der Waals surface area contributed by atoms with Gasteiger partial charge in [0.25, 0.3) is 0 Å². The number of aryl methyl sites for hydroxylation is 1. The van der Waals surface area contributed by atoms with Crippen LogP contribution in [0, 0.1) is 12.7 Å². The predicted molar refractivity (Wildman–Crippen MR) is 110 cm³/mol. The van der Waals surface area contributed by atoms with Crippen LogP contribution in [0.5, 0.6) is 0 Å². The van der Waals surface area contributed by atoms with Gasteiger partial charge in [0.1, 0.15) is 5.82 Å². The van der Waals surface area contributed by atoms with Gasteiger partial charge in [-0.25, -0.2) is 9.18 Å². The van der Waals surface area contributed by atoms with Crippen LogP contribution < -0.4 is 4.90 Å². The van der Waals surface area contributed by atoms with Gasteiger partial charge in [0.05, 0.1) is 25.4 Å². The lowest BCUT2D eigenvalue weighted by atomic mass is 10.1. The van der Waals surface area contributed by atoms with E-state index >= 15 is 0 Å². The van der Waals surface area contributed by atoms with Gasteiger partial charge in [-0.05, 0) is 42.3 Å². The summed E-state index contributed by atoms with van der Waals surface area (Å²) in [6.07, 6.45) is -4.73. The number of urea groups is 1. The van der Waals surface area contributed by atoms with E-state index in [1.54, 1.807) is 36.1 Å². The number of rotatable bonds is 4. The van der Waals surface area contributed by atoms with Crippen molar-refractivity contribution in [3.8, 4) is 11.5 Å². The number of benzene rings is 2. The van der Waals surface area contributed by atoms with Crippen LogP contribution in [0.3, 0.4) is 0 Å². The first-order chi connectivity index (χ1) is 15.7. The van der Waals surface area contributed by atoms with E-state index in [1.807, 2.05) is 0 Å². The molecule has 0 radical (unpaired) electrons. The van der Waals surface area contributed by atoms with Gasteiger partial charge in [-0.3, -0.25) is 4.90 Å². The molecule has 4 rings (SSSR count). The van der Waals surface area contributed by atoms with Crippen LogP contribution in [0.2, 0.25) is 0 Å². The Bertz CT molecular complexity index is 1130. The number of carbonyl (C=O) groups excluding carboxylic acids is 1. The second-order valence-electron chi connectivity index (χ2n) is 7.53. The third-order valence-electron chi connectivity index (χ3n) is 5.12. The third kappa shape index (κ3) is 5.14. The normalized spacial score (nSPS) is 14.4. The lowest BCUT2D eigenvalue weighted by Gasteiger charge is -2.33. The monoisotopic (exact) mass is 464 g/mol. The Morgan fingerprint density at radius 3 is 2.39 bits per heavy atom. The predicted octanol–water partition coefficient (Wildman–Crippen LogP) is 4.66. The maximum Gasteiger partial charge on any atom is 0.470 e. The van der Waals surface area contributed by atoms with Crippen molar-refractivity contribution >= 4 is 11.7 Å². The Morgan fingerprint density at radius 1 is 1.09 bits per heavy atom. The SMILES string of the molecule is Cc1ccc(N(Cc2ccc(-c3nnc(C(F)(F)F)o3)cc2)C(=O)N2CCOCC2)c(F)c1. The fraction of sp³-hybridized carbons (Fsp3) is 0.318. The molecular formula is C22H20F4N4O3. The number of hydrogen-bond donors (Lipinski definition) is 0. The Kier molecular flexibility index (Phi) is 6.32. The number of halogens is 4. The molecule has 1 aliphatic rings. The first kappa shape index (κ1) is 22.7. The highest BCUT2D eigenvalue weighted by Gasteiger charge is 2.38. The minimum Gasteiger partial charge on any atom is -0.413 e. The molecule has 0 spiro atoms. The summed E-state index contributed by atoms with van der Waals surface area (Å²) < 4.78 is 62.8. The van der Waals surface area contributed by atoms with Crippen molar-refractivity contribution in [1.82, 2.24) is 15.1 Å². The first-order valence-electron chi connectivity index (χ1n) is 10.1. The fourth-order valence-corrected chi connectivity index (χ4v) is 3.40. The summed E-state index contributed by atoms with van der Waals surface area (Å²) in [6.45, 7) is 3.37. The van der Waals surface area contributed by atoms with E-state index in [0.29, 0.717) is 31.9 Å². The number of ether oxygens (including phenoxy) is 1. The maximum absolute atomic E-state index is 14.8. The Hall–Kier alpha value is -3.47. The third-order valence-corrected chi connectivity index (χ3v) is 5.12. The molecule has 2 aromatic carbocycles. The largest absolute Gasteiger partial charge is 0.470 e. The molecule has 1 fully saturated rings. The van der Waals surface area contributed by atoms with Crippen molar-refractivity contribution in [2.75, 3.05) is 31.2 Å². The topological polar surface area (TPSA) is 71.7 Å². The molecule has 2 amide bonds. The van der Waals surface area contributed by atoms with E-state index in [4.69, 9.17) is 4.74 Å². The van der Waals surface area contributed by atoms with Crippen LogP contribution in [0.1, 0.15) is 17.0 Å². The van der Waals surface area contributed by atoms with Crippen LogP contribution >= 0.6 is 0 Å². The minimum atomic E-state index is -4.73. The summed E-state index contributed by atoms with van der Waals surface area (Å²) >= 11 is 0. The molecule has 0 atom stereocenters. The minimum absolute atomic E-state index is 0.0497. The van der Waals surface area contributed by atoms with E-state index in [0.717, 1.165) is 5.56 Å². The summed E-state index contributed by atoms with van der Waals surface area (Å²) in [5.41, 5.74) is 1.77. The first-order valence-corrected chi connectivity index (χ1v) is 10.1. The summed E-state index contributed by atoms with van der Waals surface area (Å²) in [5, 5.41) is 6.45. The smallest absolute Gasteiger partial charge is 0.413 e. The molecule has 33 heavy (non-hydrogen) atoms. The highest BCUT2D eigenvalue weighted by molar-refractivity contribution is 5.92. The number of hydrogen-bond acceptors (Lipinski definition) is 5. The van der Waals surface area contributed by atoms with E-state index in [-0.39, 0.29) is 29.7 Å². The van der Waals surface area contributed by atoms with Crippen molar-refractivity contribution in [2.45, 2.75) is 19.6 Å². The highest BCUT2D eigenvalue weighted by atomic mass is 19.4. The average Bonchev–Trinajstić information content (AvgIpc) is 3.30. The number of carbonyl (C=O) groups is 1. The summed E-state index contributed by atoms with van der Waals surface area (Å²) in [6, 6.07) is 10.5. The molecule has 0 N–H and O–H groups in total. The zero-order chi connectivity index (χ0) is 23.6. The van der Waals surface area contributed by atoms with Crippen molar-refractivity contribution in [3.05, 3.63) is 65.3 Å². The van der Waals surface area contributed by atoms with Gasteiger partial charge < -0.3 is 14.1 Å². The maximum atomic E-state index is 14.8. The van der Waals surface area contributed by atoms with Crippen LogP contribution in [0.25, 0.3) is 11.5 Å². The second kappa shape index (κ2) is 9.18. The molecular weight excluding hydrogens is 444 g/mol. The van der Waals surface area contributed by atoms with E-state index < -0.39 is 17.9 Å². The zero-order valence-corrected chi connectivity index (χ0v) is 17.6. The molecule has 7 nitrogen and oxygen atoms in total. The van der Waals surface area contributed by atoms with Crippen LogP contribution in [0.15, 0.2) is 46.9 Å². The van der Waals surface area contributed by atoms with Crippen molar-refractivity contribution in [1.29, 1.82) is 0 Å². The average molecular weight is 464 g/mol. The lowest BCUT2D eigenvalue weighted by Crippen LogP contribution is -2.48. The summed E-state index contributed by atoms with van der Waals surface area (Å²) in [5.74, 6) is -2.24. The molecule has 0 saturated carbocycles. The van der Waals surface area contributed by atoms with Crippen LogP contribution in [0.4, 0.5) is 28.0 Å². The standard InChI is InChI=1S/C22H20F4N4O3/c1-14-2-7-18(17(23)12-14)30(21(31)29-8-10-32-11-9-29)13-15-3-5-16(6-4-15)19-27-28-20(33-19)22(24,25)26/h2-7,12H,8-11,13H2,1H3. The molecule has 11 heteroatoms. The zero-order valence-electron chi connectivity index (χ0n) is 17.6. The molecule has 1 aromatic heterocycles. The lowest BCUT2D eigenvalue weighted by molar-refractivity contribution is -0.156. The van der Waals surface area contributed by atoms with Gasteiger partial charge in [-0.15, -0.1) is 10.2 Å². The number of aromatic nitrogens is 2. The van der Waals surface area contributed by atoms with Gasteiger partial charge in [0.15, 0.2) is 0 Å². The van der Waals surface area contributed by atoms with E-state index in [2.05, 4.69) is 14.6 Å². The van der Waals surface area contributed by atoms with Crippen molar-refractivity contribution in [2.24, 2.45) is 0 Å². The Balaban J connectivity index is 1.59. The number of morpholine rings is 1. The van der Waals surface area contributed by atoms with Gasteiger partial charge in [-0.2, -0.15) is 13.2 Å². The number of alkyl halides is 3. The quantitative estimate of drug-likeness (QED) is 0.525. The Morgan fingerprint density at radius 2 is 1.79 bits per heavy atom. The number of anilines is 1. The molecule has 0 aliphatic carbocycles. The molecule has 0 unspecified atom stereocenters. The van der Waals surface area contributed by atoms with Crippen LogP contribution in [-0.4, -0.2) is 47.4 Å². The van der Waals surface area contributed by atoms with E-state index in [9.17, 15) is 22.4 Å². The van der Waals surface area contributed by atoms with Crippen molar-refractivity contribution in [3.63, 3.8) is 0 Å². The molecule has 1 saturated heterocycles.